The maximum atomic E-state index is 12.4. The van der Waals surface area contributed by atoms with Gasteiger partial charge in [-0.25, -0.2) is 0 Å². The Bertz CT molecular complexity index is 652. The zero-order chi connectivity index (χ0) is 14.5. The topological polar surface area (TPSA) is 62.5 Å². The van der Waals surface area contributed by atoms with Crippen LogP contribution in [0.5, 0.6) is 0 Å². The van der Waals surface area contributed by atoms with E-state index in [1.807, 2.05) is 30.6 Å². The second-order valence-corrected chi connectivity index (χ2v) is 4.90. The van der Waals surface area contributed by atoms with Crippen LogP contribution in [0.15, 0.2) is 36.0 Å². The van der Waals surface area contributed by atoms with Gasteiger partial charge in [0.05, 0.1) is 12.2 Å². The lowest BCUT2D eigenvalue weighted by Gasteiger charge is -2.18. The highest BCUT2D eigenvalue weighted by Gasteiger charge is 2.22. The molecule has 0 radical (unpaired) electrons. The fraction of sp³-hybridized carbons (Fsp3) is 0.143. The lowest BCUT2D eigenvalue weighted by Crippen LogP contribution is -2.36. The second-order valence-electron chi connectivity index (χ2n) is 3.98. The van der Waals surface area contributed by atoms with Gasteiger partial charge in [0.2, 0.25) is 0 Å². The maximum absolute atomic E-state index is 12.4. The molecule has 102 valence electrons. The SMILES string of the molecule is C#CCN(CC(=O)O)C(=O)c1sccc1-n1cccc1. The van der Waals surface area contributed by atoms with E-state index in [0.29, 0.717) is 4.88 Å². The van der Waals surface area contributed by atoms with Gasteiger partial charge in [-0.2, -0.15) is 0 Å². The Morgan fingerprint density at radius 2 is 2.10 bits per heavy atom. The van der Waals surface area contributed by atoms with Crippen LogP contribution in [0.3, 0.4) is 0 Å². The van der Waals surface area contributed by atoms with Gasteiger partial charge >= 0.3 is 5.97 Å². The Hall–Kier alpha value is -2.52. The summed E-state index contributed by atoms with van der Waals surface area (Å²) in [6.45, 7) is -0.444. The summed E-state index contributed by atoms with van der Waals surface area (Å²) in [6.07, 6.45) is 8.83. The molecule has 0 aliphatic carbocycles. The van der Waals surface area contributed by atoms with E-state index in [0.717, 1.165) is 10.6 Å². The smallest absolute Gasteiger partial charge is 0.323 e. The van der Waals surface area contributed by atoms with Crippen molar-refractivity contribution in [2.24, 2.45) is 0 Å². The van der Waals surface area contributed by atoms with Gasteiger partial charge in [0.15, 0.2) is 0 Å². The average molecular weight is 288 g/mol. The summed E-state index contributed by atoms with van der Waals surface area (Å²) in [4.78, 5) is 24.8. The largest absolute Gasteiger partial charge is 0.480 e. The maximum Gasteiger partial charge on any atom is 0.323 e. The van der Waals surface area contributed by atoms with Crippen LogP contribution in [0.25, 0.3) is 5.69 Å². The number of aromatic nitrogens is 1. The van der Waals surface area contributed by atoms with Crippen molar-refractivity contribution >= 4 is 23.2 Å². The van der Waals surface area contributed by atoms with E-state index >= 15 is 0 Å². The molecule has 0 unspecified atom stereocenters. The summed E-state index contributed by atoms with van der Waals surface area (Å²) in [6, 6.07) is 5.51. The van der Waals surface area contributed by atoms with Crippen molar-refractivity contribution in [2.45, 2.75) is 0 Å². The van der Waals surface area contributed by atoms with Crippen LogP contribution < -0.4 is 0 Å². The van der Waals surface area contributed by atoms with Crippen LogP contribution in [-0.4, -0.2) is 39.5 Å². The molecular formula is C14H12N2O3S. The molecule has 0 saturated heterocycles. The molecule has 0 atom stereocenters. The van der Waals surface area contributed by atoms with Crippen molar-refractivity contribution in [1.29, 1.82) is 0 Å². The van der Waals surface area contributed by atoms with Crippen LogP contribution in [0, 0.1) is 12.3 Å². The van der Waals surface area contributed by atoms with Crippen LogP contribution >= 0.6 is 11.3 Å². The first-order valence-electron chi connectivity index (χ1n) is 5.79. The molecule has 0 aromatic carbocycles. The molecule has 0 bridgehead atoms. The molecule has 0 aliphatic heterocycles. The Balaban J connectivity index is 2.31. The van der Waals surface area contributed by atoms with Crippen molar-refractivity contribution in [2.75, 3.05) is 13.1 Å². The molecule has 0 fully saturated rings. The molecule has 2 heterocycles. The molecule has 5 nitrogen and oxygen atoms in total. The van der Waals surface area contributed by atoms with Crippen LogP contribution in [-0.2, 0) is 4.79 Å². The highest BCUT2D eigenvalue weighted by atomic mass is 32.1. The normalized spacial score (nSPS) is 9.95. The predicted molar refractivity (Wildman–Crippen MR) is 76.0 cm³/mol. The minimum Gasteiger partial charge on any atom is -0.480 e. The lowest BCUT2D eigenvalue weighted by molar-refractivity contribution is -0.137. The molecule has 2 rings (SSSR count). The summed E-state index contributed by atoms with van der Waals surface area (Å²) in [5, 5.41) is 10.6. The molecule has 6 heteroatoms. The molecule has 1 N–H and O–H groups in total. The quantitative estimate of drug-likeness (QED) is 0.852. The van der Waals surface area contributed by atoms with Crippen molar-refractivity contribution in [3.63, 3.8) is 0 Å². The number of thiophene rings is 1. The van der Waals surface area contributed by atoms with Gasteiger partial charge < -0.3 is 14.6 Å². The average Bonchev–Trinajstić information content (AvgIpc) is 3.07. The molecule has 2 aromatic rings. The van der Waals surface area contributed by atoms with E-state index in [9.17, 15) is 9.59 Å². The van der Waals surface area contributed by atoms with Gasteiger partial charge in [-0.3, -0.25) is 9.59 Å². The summed E-state index contributed by atoms with van der Waals surface area (Å²) >= 11 is 1.26. The minimum atomic E-state index is -1.09. The molecule has 1 amide bonds. The Morgan fingerprint density at radius 3 is 2.70 bits per heavy atom. The highest BCUT2D eigenvalue weighted by molar-refractivity contribution is 7.12. The number of nitrogens with zero attached hydrogens (tertiary/aromatic N) is 2. The Morgan fingerprint density at radius 1 is 1.40 bits per heavy atom. The number of carbonyl (C=O) groups excluding carboxylic acids is 1. The Kier molecular flexibility index (Phi) is 4.23. The lowest BCUT2D eigenvalue weighted by atomic mass is 10.3. The number of hydrogen-bond acceptors (Lipinski definition) is 3. The standard InChI is InChI=1S/C14H12N2O3S/c1-2-6-16(10-12(17)18)14(19)13-11(5-9-20-13)15-7-3-4-8-15/h1,3-5,7-9H,6,10H2,(H,17,18). The third-order valence-corrected chi connectivity index (χ3v) is 3.51. The number of rotatable bonds is 5. The van der Waals surface area contributed by atoms with E-state index in [4.69, 9.17) is 11.5 Å². The minimum absolute atomic E-state index is 0.0336. The van der Waals surface area contributed by atoms with Gasteiger partial charge in [-0.15, -0.1) is 17.8 Å². The number of hydrogen-bond donors (Lipinski definition) is 1. The number of carbonyl (C=O) groups is 2. The summed E-state index contributed by atoms with van der Waals surface area (Å²) in [7, 11) is 0. The molecule has 0 aliphatic rings. The number of carboxylic acid groups (broad SMARTS) is 1. The summed E-state index contributed by atoms with van der Waals surface area (Å²) in [5.41, 5.74) is 0.720. The molecule has 2 aromatic heterocycles. The third kappa shape index (κ3) is 2.90. The van der Waals surface area contributed by atoms with Gasteiger partial charge in [0, 0.05) is 12.4 Å². The Labute approximate surface area is 120 Å². The molecular weight excluding hydrogens is 276 g/mol. The predicted octanol–water partition coefficient (Wildman–Crippen LogP) is 1.70. The van der Waals surface area contributed by atoms with E-state index in [1.165, 1.54) is 11.3 Å². The van der Waals surface area contributed by atoms with Crippen LogP contribution in [0.1, 0.15) is 9.67 Å². The molecule has 0 spiro atoms. The van der Waals surface area contributed by atoms with Gasteiger partial charge in [-0.1, -0.05) is 5.92 Å². The van der Waals surface area contributed by atoms with E-state index < -0.39 is 12.5 Å². The first kappa shape index (κ1) is 13.9. The summed E-state index contributed by atoms with van der Waals surface area (Å²) < 4.78 is 1.80. The second kappa shape index (κ2) is 6.08. The van der Waals surface area contributed by atoms with Crippen molar-refractivity contribution in [3.05, 3.63) is 40.8 Å². The van der Waals surface area contributed by atoms with E-state index in [2.05, 4.69) is 5.92 Å². The van der Waals surface area contributed by atoms with Crippen LogP contribution in [0.4, 0.5) is 0 Å². The number of terminal acetylenes is 1. The third-order valence-electron chi connectivity index (χ3n) is 2.62. The van der Waals surface area contributed by atoms with Crippen molar-refractivity contribution in [3.8, 4) is 18.0 Å². The van der Waals surface area contributed by atoms with Crippen LogP contribution in [0.2, 0.25) is 0 Å². The van der Waals surface area contributed by atoms with Crippen molar-refractivity contribution in [1.82, 2.24) is 9.47 Å². The number of amides is 1. The highest BCUT2D eigenvalue weighted by Crippen LogP contribution is 2.23. The van der Waals surface area contributed by atoms with Gasteiger partial charge in [0.1, 0.15) is 11.4 Å². The zero-order valence-corrected chi connectivity index (χ0v) is 11.3. The van der Waals surface area contributed by atoms with Gasteiger partial charge in [0.25, 0.3) is 5.91 Å². The fourth-order valence-electron chi connectivity index (χ4n) is 1.78. The number of aliphatic carboxylic acids is 1. The molecule has 20 heavy (non-hydrogen) atoms. The zero-order valence-electron chi connectivity index (χ0n) is 10.5. The first-order valence-corrected chi connectivity index (χ1v) is 6.67. The first-order chi connectivity index (χ1) is 9.63. The van der Waals surface area contributed by atoms with E-state index in [-0.39, 0.29) is 12.5 Å². The summed E-state index contributed by atoms with van der Waals surface area (Å²) in [5.74, 6) is 0.848. The number of carboxylic acids is 1. The fourth-order valence-corrected chi connectivity index (χ4v) is 2.63. The van der Waals surface area contributed by atoms with E-state index in [1.54, 1.807) is 9.95 Å². The monoisotopic (exact) mass is 288 g/mol. The van der Waals surface area contributed by atoms with Crippen molar-refractivity contribution < 1.29 is 14.7 Å². The molecule has 0 saturated carbocycles. The van der Waals surface area contributed by atoms with Gasteiger partial charge in [-0.05, 0) is 23.6 Å².